The van der Waals surface area contributed by atoms with Gasteiger partial charge in [-0.15, -0.1) is 10.2 Å². The Labute approximate surface area is 189 Å². The maximum atomic E-state index is 13.2. The second kappa shape index (κ2) is 8.88. The Morgan fingerprint density at radius 1 is 1.00 bits per heavy atom. The Balaban J connectivity index is 1.38. The van der Waals surface area contributed by atoms with Gasteiger partial charge in [-0.05, 0) is 30.7 Å². The highest BCUT2D eigenvalue weighted by Crippen LogP contribution is 2.31. The summed E-state index contributed by atoms with van der Waals surface area (Å²) in [4.78, 5) is 13.2. The van der Waals surface area contributed by atoms with Gasteiger partial charge < -0.3 is 9.73 Å². The molecule has 5 rings (SSSR count). The fraction of sp³-hybridized carbons (Fsp3) is 0.160. The lowest BCUT2D eigenvalue weighted by atomic mass is 10.1. The quantitative estimate of drug-likeness (QED) is 0.365. The first-order valence-corrected chi connectivity index (χ1v) is 11.6. The number of furan rings is 1. The molecule has 0 aliphatic carbocycles. The minimum absolute atomic E-state index is 0.253. The summed E-state index contributed by atoms with van der Waals surface area (Å²) in [5.41, 5.74) is 3.62. The highest BCUT2D eigenvalue weighted by atomic mass is 32.2. The van der Waals surface area contributed by atoms with Crippen LogP contribution in [0.2, 0.25) is 0 Å². The first kappa shape index (κ1) is 20.3. The lowest BCUT2D eigenvalue weighted by Crippen LogP contribution is -2.28. The maximum Gasteiger partial charge on any atom is 0.287 e. The number of rotatable bonds is 7. The highest BCUT2D eigenvalue weighted by molar-refractivity contribution is 7.97. The van der Waals surface area contributed by atoms with Crippen molar-refractivity contribution in [3.63, 3.8) is 0 Å². The van der Waals surface area contributed by atoms with Crippen molar-refractivity contribution in [3.05, 3.63) is 102 Å². The molecule has 32 heavy (non-hydrogen) atoms. The van der Waals surface area contributed by atoms with E-state index in [9.17, 15) is 4.79 Å². The number of hydrogen-bond acceptors (Lipinski definition) is 5. The zero-order chi connectivity index (χ0) is 21.9. The molecule has 6 nitrogen and oxygen atoms in total. The van der Waals surface area contributed by atoms with Gasteiger partial charge in [0.25, 0.3) is 5.91 Å². The third kappa shape index (κ3) is 3.99. The smallest absolute Gasteiger partial charge is 0.287 e. The predicted molar refractivity (Wildman–Crippen MR) is 127 cm³/mol. The van der Waals surface area contributed by atoms with Crippen molar-refractivity contribution in [1.82, 2.24) is 19.9 Å². The van der Waals surface area contributed by atoms with Gasteiger partial charge in [-0.2, -0.15) is 11.8 Å². The van der Waals surface area contributed by atoms with Gasteiger partial charge in [0.2, 0.25) is 0 Å². The van der Waals surface area contributed by atoms with Gasteiger partial charge in [-0.25, -0.2) is 0 Å². The Morgan fingerprint density at radius 3 is 2.66 bits per heavy atom. The van der Waals surface area contributed by atoms with Gasteiger partial charge >= 0.3 is 0 Å². The number of nitrogens with one attached hydrogen (secondary N) is 1. The van der Waals surface area contributed by atoms with E-state index in [1.54, 1.807) is 11.8 Å². The summed E-state index contributed by atoms with van der Waals surface area (Å²) in [7, 11) is 0. The summed E-state index contributed by atoms with van der Waals surface area (Å²) in [6.45, 7) is 1.90. The van der Waals surface area contributed by atoms with Crippen LogP contribution in [0.3, 0.4) is 0 Å². The molecule has 0 saturated heterocycles. The maximum absolute atomic E-state index is 13.2. The molecule has 0 fully saturated rings. The molecule has 0 radical (unpaired) electrons. The van der Waals surface area contributed by atoms with Gasteiger partial charge in [0, 0.05) is 28.7 Å². The number of pyridine rings is 1. The van der Waals surface area contributed by atoms with Crippen molar-refractivity contribution in [2.24, 2.45) is 0 Å². The molecule has 5 aromatic rings. The van der Waals surface area contributed by atoms with Crippen LogP contribution in [-0.4, -0.2) is 20.5 Å². The van der Waals surface area contributed by atoms with Gasteiger partial charge in [0.1, 0.15) is 5.58 Å². The van der Waals surface area contributed by atoms with Gasteiger partial charge in [-0.1, -0.05) is 54.6 Å². The van der Waals surface area contributed by atoms with Crippen LogP contribution in [0.4, 0.5) is 0 Å². The molecule has 1 atom stereocenters. The summed E-state index contributed by atoms with van der Waals surface area (Å²) >= 11 is 1.76. The lowest BCUT2D eigenvalue weighted by Gasteiger charge is -2.12. The van der Waals surface area contributed by atoms with Gasteiger partial charge in [0.15, 0.2) is 17.2 Å². The molecule has 3 heterocycles. The van der Waals surface area contributed by atoms with E-state index in [0.29, 0.717) is 22.9 Å². The van der Waals surface area contributed by atoms with Crippen LogP contribution < -0.4 is 5.32 Å². The molecular formula is C25H22N4O2S. The number of carbonyl (C=O) groups is 1. The molecule has 2 aromatic carbocycles. The number of carbonyl (C=O) groups excluding carboxylic acids is 1. The minimum atomic E-state index is -0.335. The van der Waals surface area contributed by atoms with E-state index < -0.39 is 0 Å². The summed E-state index contributed by atoms with van der Waals surface area (Å²) in [6, 6.07) is 23.5. The minimum Gasteiger partial charge on any atom is -0.451 e. The number of para-hydroxylation sites is 1. The normalized spacial score (nSPS) is 12.3. The summed E-state index contributed by atoms with van der Waals surface area (Å²) < 4.78 is 7.88. The van der Waals surface area contributed by atoms with E-state index in [-0.39, 0.29) is 11.9 Å². The molecule has 0 saturated carbocycles. The van der Waals surface area contributed by atoms with Crippen LogP contribution in [0, 0.1) is 0 Å². The van der Waals surface area contributed by atoms with Crippen LogP contribution in [0.25, 0.3) is 16.6 Å². The van der Waals surface area contributed by atoms with E-state index in [1.807, 2.05) is 78.2 Å². The molecular weight excluding hydrogens is 420 g/mol. The van der Waals surface area contributed by atoms with E-state index in [1.165, 1.54) is 5.56 Å². The fourth-order valence-corrected chi connectivity index (χ4v) is 4.77. The molecule has 0 bridgehead atoms. The Morgan fingerprint density at radius 2 is 1.78 bits per heavy atom. The molecule has 0 spiro atoms. The number of nitrogens with zero attached hydrogens (tertiary/aromatic N) is 3. The average Bonchev–Trinajstić information content (AvgIpc) is 3.42. The molecule has 0 aliphatic heterocycles. The lowest BCUT2D eigenvalue weighted by molar-refractivity contribution is 0.0911. The molecule has 7 heteroatoms. The largest absolute Gasteiger partial charge is 0.451 e. The summed E-state index contributed by atoms with van der Waals surface area (Å²) in [6.07, 6.45) is 1.89. The second-order valence-corrected chi connectivity index (χ2v) is 8.55. The third-order valence-electron chi connectivity index (χ3n) is 5.34. The molecule has 3 aromatic heterocycles. The molecule has 0 aliphatic rings. The fourth-order valence-electron chi connectivity index (χ4n) is 3.75. The Bertz CT molecular complexity index is 1380. The van der Waals surface area contributed by atoms with Gasteiger partial charge in [0.05, 0.1) is 6.04 Å². The van der Waals surface area contributed by atoms with Crippen molar-refractivity contribution in [3.8, 4) is 0 Å². The monoisotopic (exact) mass is 442 g/mol. The molecule has 160 valence electrons. The summed E-state index contributed by atoms with van der Waals surface area (Å²) in [5, 5.41) is 12.4. The van der Waals surface area contributed by atoms with Crippen LogP contribution in [0.1, 0.15) is 40.5 Å². The Hall–Kier alpha value is -3.58. The van der Waals surface area contributed by atoms with E-state index in [2.05, 4.69) is 27.6 Å². The Kier molecular flexibility index (Phi) is 5.64. The SMILES string of the molecule is C[C@@H](NC(=O)c1oc2ccccc2c1CSCc1ccccc1)c1nnc2ccccn12. The van der Waals surface area contributed by atoms with Crippen LogP contribution in [0.5, 0.6) is 0 Å². The van der Waals surface area contributed by atoms with Gasteiger partial charge in [-0.3, -0.25) is 9.20 Å². The third-order valence-corrected chi connectivity index (χ3v) is 6.37. The van der Waals surface area contributed by atoms with Crippen LogP contribution >= 0.6 is 11.8 Å². The van der Waals surface area contributed by atoms with E-state index in [0.717, 1.165) is 22.3 Å². The first-order valence-electron chi connectivity index (χ1n) is 10.4. The highest BCUT2D eigenvalue weighted by Gasteiger charge is 2.23. The number of amides is 1. The van der Waals surface area contributed by atoms with Crippen molar-refractivity contribution >= 4 is 34.3 Å². The van der Waals surface area contributed by atoms with Crippen LogP contribution in [-0.2, 0) is 11.5 Å². The number of thioether (sulfide) groups is 1. The summed E-state index contributed by atoms with van der Waals surface area (Å²) in [5.74, 6) is 2.31. The average molecular weight is 443 g/mol. The molecule has 1 amide bonds. The van der Waals surface area contributed by atoms with Crippen molar-refractivity contribution in [1.29, 1.82) is 0 Å². The predicted octanol–water partition coefficient (Wildman–Crippen LogP) is 5.40. The second-order valence-electron chi connectivity index (χ2n) is 7.57. The number of aromatic nitrogens is 3. The topological polar surface area (TPSA) is 72.4 Å². The van der Waals surface area contributed by atoms with E-state index in [4.69, 9.17) is 4.42 Å². The first-order chi connectivity index (χ1) is 15.7. The van der Waals surface area contributed by atoms with Crippen LogP contribution in [0.15, 0.2) is 83.4 Å². The molecule has 0 unspecified atom stereocenters. The number of hydrogen-bond donors (Lipinski definition) is 1. The van der Waals surface area contributed by atoms with Crippen molar-refractivity contribution in [2.75, 3.05) is 0 Å². The van der Waals surface area contributed by atoms with Crippen molar-refractivity contribution in [2.45, 2.75) is 24.5 Å². The van der Waals surface area contributed by atoms with Crippen molar-refractivity contribution < 1.29 is 9.21 Å². The van der Waals surface area contributed by atoms with E-state index >= 15 is 0 Å². The standard InChI is InChI=1S/C25H22N4O2S/c1-17(24-28-27-22-13-7-8-14-29(22)24)26-25(30)23-20(19-11-5-6-12-21(19)31-23)16-32-15-18-9-3-2-4-10-18/h2-14,17H,15-16H2,1H3,(H,26,30)/t17-/m1/s1. The zero-order valence-corrected chi connectivity index (χ0v) is 18.4. The zero-order valence-electron chi connectivity index (χ0n) is 17.6. The number of benzene rings is 2. The molecule has 1 N–H and O–H groups in total. The number of fused-ring (bicyclic) bond motifs is 2.